The predicted octanol–water partition coefficient (Wildman–Crippen LogP) is 3.94. The molecule has 0 spiro atoms. The second-order valence-electron chi connectivity index (χ2n) is 5.48. The fourth-order valence-corrected chi connectivity index (χ4v) is 3.11. The van der Waals surface area contributed by atoms with Crippen molar-refractivity contribution >= 4 is 23.2 Å². The molecule has 1 heterocycles. The third kappa shape index (κ3) is 2.76. The van der Waals surface area contributed by atoms with Crippen LogP contribution in [0, 0.1) is 0 Å². The molecule has 3 rings (SSSR count). The van der Waals surface area contributed by atoms with Crippen LogP contribution >= 0.6 is 11.6 Å². The highest BCUT2D eigenvalue weighted by atomic mass is 35.5. The first-order valence-corrected chi connectivity index (χ1v) is 8.07. The van der Waals surface area contributed by atoms with Crippen LogP contribution < -0.4 is 14.8 Å². The molecule has 24 heavy (non-hydrogen) atoms. The van der Waals surface area contributed by atoms with Crippen LogP contribution in [0.3, 0.4) is 0 Å². The van der Waals surface area contributed by atoms with E-state index in [2.05, 4.69) is 5.32 Å². The first-order valence-electron chi connectivity index (χ1n) is 7.69. The van der Waals surface area contributed by atoms with Gasteiger partial charge >= 0.3 is 0 Å². The van der Waals surface area contributed by atoms with Gasteiger partial charge in [0.1, 0.15) is 6.17 Å². The zero-order chi connectivity index (χ0) is 17.3. The summed E-state index contributed by atoms with van der Waals surface area (Å²) in [6.07, 6.45) is -0.338. The number of para-hydroxylation sites is 1. The number of carbonyl (C=O) groups is 1. The number of halogens is 1. The Balaban J connectivity index is 2.03. The summed E-state index contributed by atoms with van der Waals surface area (Å²) in [5.41, 5.74) is 2.28. The molecule has 1 aliphatic heterocycles. The van der Waals surface area contributed by atoms with Gasteiger partial charge in [-0.3, -0.25) is 4.79 Å². The van der Waals surface area contributed by atoms with Crippen molar-refractivity contribution in [2.24, 2.45) is 0 Å². The summed E-state index contributed by atoms with van der Waals surface area (Å²) in [5, 5.41) is 3.83. The van der Waals surface area contributed by atoms with Crippen molar-refractivity contribution in [3.05, 3.63) is 52.5 Å². The van der Waals surface area contributed by atoms with Crippen LogP contribution in [-0.4, -0.2) is 31.6 Å². The number of amides is 1. The Morgan fingerprint density at radius 1 is 1.29 bits per heavy atom. The first kappa shape index (κ1) is 16.5. The Morgan fingerprint density at radius 3 is 2.75 bits per heavy atom. The van der Waals surface area contributed by atoms with Crippen molar-refractivity contribution in [1.82, 2.24) is 4.90 Å². The molecule has 0 saturated heterocycles. The number of methoxy groups -OCH3 is 1. The van der Waals surface area contributed by atoms with E-state index in [1.165, 1.54) is 0 Å². The van der Waals surface area contributed by atoms with Crippen molar-refractivity contribution in [1.29, 1.82) is 0 Å². The molecule has 0 bridgehead atoms. The molecular formula is C18H19ClN2O3. The van der Waals surface area contributed by atoms with Gasteiger partial charge in [0, 0.05) is 18.3 Å². The molecule has 1 aliphatic rings. The second kappa shape index (κ2) is 6.61. The van der Waals surface area contributed by atoms with E-state index in [4.69, 9.17) is 21.1 Å². The number of hydrogen-bond donors (Lipinski definition) is 1. The summed E-state index contributed by atoms with van der Waals surface area (Å²) in [4.78, 5) is 14.3. The molecule has 0 fully saturated rings. The van der Waals surface area contributed by atoms with Crippen LogP contribution in [0.25, 0.3) is 0 Å². The molecule has 0 aliphatic carbocycles. The lowest BCUT2D eigenvalue weighted by molar-refractivity contribution is 0.0735. The molecule has 1 amide bonds. The van der Waals surface area contributed by atoms with Crippen LogP contribution in [0.4, 0.5) is 5.69 Å². The maximum Gasteiger partial charge on any atom is 0.257 e. The number of rotatable bonds is 4. The van der Waals surface area contributed by atoms with E-state index in [-0.39, 0.29) is 12.1 Å². The maximum atomic E-state index is 12.6. The van der Waals surface area contributed by atoms with Crippen LogP contribution in [-0.2, 0) is 0 Å². The average molecular weight is 347 g/mol. The van der Waals surface area contributed by atoms with Gasteiger partial charge in [-0.05, 0) is 31.2 Å². The molecular weight excluding hydrogens is 328 g/mol. The molecule has 1 N–H and O–H groups in total. The van der Waals surface area contributed by atoms with E-state index in [9.17, 15) is 4.79 Å². The third-order valence-corrected chi connectivity index (χ3v) is 4.29. The SMILES string of the molecule is CCOc1c(Cl)cc(C2Nc3ccccc3C(=O)N2C)cc1OC. The number of nitrogens with zero attached hydrogens (tertiary/aromatic N) is 1. The van der Waals surface area contributed by atoms with Gasteiger partial charge in [0.25, 0.3) is 5.91 Å². The number of carbonyl (C=O) groups excluding carboxylic acids is 1. The lowest BCUT2D eigenvalue weighted by atomic mass is 10.0. The van der Waals surface area contributed by atoms with Gasteiger partial charge < -0.3 is 19.7 Å². The number of benzene rings is 2. The van der Waals surface area contributed by atoms with E-state index < -0.39 is 0 Å². The fraction of sp³-hybridized carbons (Fsp3) is 0.278. The van der Waals surface area contributed by atoms with E-state index in [0.717, 1.165) is 11.3 Å². The van der Waals surface area contributed by atoms with Gasteiger partial charge in [0.05, 0.1) is 24.3 Å². The fourth-order valence-electron chi connectivity index (χ4n) is 2.84. The zero-order valence-electron chi connectivity index (χ0n) is 13.8. The Bertz CT molecular complexity index is 779. The zero-order valence-corrected chi connectivity index (χ0v) is 14.6. The van der Waals surface area contributed by atoms with Crippen molar-refractivity contribution in [3.8, 4) is 11.5 Å². The highest BCUT2D eigenvalue weighted by Crippen LogP contribution is 2.40. The lowest BCUT2D eigenvalue weighted by Crippen LogP contribution is -2.40. The standard InChI is InChI=1S/C18H19ClN2O3/c1-4-24-16-13(19)9-11(10-15(16)23-3)17-20-14-8-6-5-7-12(14)18(22)21(17)2/h5-10,17,20H,4H2,1-3H3. The smallest absolute Gasteiger partial charge is 0.257 e. The van der Waals surface area contributed by atoms with Crippen LogP contribution in [0.1, 0.15) is 29.0 Å². The van der Waals surface area contributed by atoms with Gasteiger partial charge in [0.15, 0.2) is 11.5 Å². The normalized spacial score (nSPS) is 16.4. The highest BCUT2D eigenvalue weighted by molar-refractivity contribution is 6.32. The van der Waals surface area contributed by atoms with Gasteiger partial charge in [-0.1, -0.05) is 23.7 Å². The summed E-state index contributed by atoms with van der Waals surface area (Å²) < 4.78 is 10.9. The topological polar surface area (TPSA) is 50.8 Å². The average Bonchev–Trinajstić information content (AvgIpc) is 2.59. The molecule has 1 atom stereocenters. The molecule has 2 aromatic rings. The molecule has 5 nitrogen and oxygen atoms in total. The Morgan fingerprint density at radius 2 is 2.04 bits per heavy atom. The largest absolute Gasteiger partial charge is 0.493 e. The molecule has 2 aromatic carbocycles. The van der Waals surface area contributed by atoms with Crippen molar-refractivity contribution in [2.75, 3.05) is 26.1 Å². The third-order valence-electron chi connectivity index (χ3n) is 4.01. The van der Waals surface area contributed by atoms with Crippen LogP contribution in [0.15, 0.2) is 36.4 Å². The number of hydrogen-bond acceptors (Lipinski definition) is 4. The minimum absolute atomic E-state index is 0.0432. The minimum atomic E-state index is -0.338. The quantitative estimate of drug-likeness (QED) is 0.911. The van der Waals surface area contributed by atoms with E-state index in [1.54, 1.807) is 25.1 Å². The Kier molecular flexibility index (Phi) is 4.53. The highest BCUT2D eigenvalue weighted by Gasteiger charge is 2.31. The first-order chi connectivity index (χ1) is 11.6. The molecule has 6 heteroatoms. The summed E-state index contributed by atoms with van der Waals surface area (Å²) >= 11 is 6.36. The van der Waals surface area contributed by atoms with E-state index in [1.807, 2.05) is 37.3 Å². The molecule has 0 radical (unpaired) electrons. The second-order valence-corrected chi connectivity index (χ2v) is 5.88. The molecule has 0 aromatic heterocycles. The van der Waals surface area contributed by atoms with E-state index >= 15 is 0 Å². The Hall–Kier alpha value is -2.40. The van der Waals surface area contributed by atoms with Gasteiger partial charge in [0.2, 0.25) is 0 Å². The summed E-state index contributed by atoms with van der Waals surface area (Å²) in [7, 11) is 3.32. The summed E-state index contributed by atoms with van der Waals surface area (Å²) in [6, 6.07) is 11.1. The van der Waals surface area contributed by atoms with Crippen molar-refractivity contribution in [2.45, 2.75) is 13.1 Å². The van der Waals surface area contributed by atoms with Crippen LogP contribution in [0.5, 0.6) is 11.5 Å². The van der Waals surface area contributed by atoms with E-state index in [0.29, 0.717) is 28.7 Å². The summed E-state index contributed by atoms with van der Waals surface area (Å²) in [6.45, 7) is 2.37. The number of fused-ring (bicyclic) bond motifs is 1. The van der Waals surface area contributed by atoms with Crippen LogP contribution in [0.2, 0.25) is 5.02 Å². The monoisotopic (exact) mass is 346 g/mol. The van der Waals surface area contributed by atoms with Crippen molar-refractivity contribution in [3.63, 3.8) is 0 Å². The lowest BCUT2D eigenvalue weighted by Gasteiger charge is -2.35. The molecule has 0 saturated carbocycles. The molecule has 126 valence electrons. The summed E-state index contributed by atoms with van der Waals surface area (Å²) in [5.74, 6) is 1.01. The Labute approximate surface area is 146 Å². The number of anilines is 1. The van der Waals surface area contributed by atoms with Gasteiger partial charge in [-0.2, -0.15) is 0 Å². The number of ether oxygens (including phenoxy) is 2. The van der Waals surface area contributed by atoms with Gasteiger partial charge in [-0.15, -0.1) is 0 Å². The molecule has 1 unspecified atom stereocenters. The van der Waals surface area contributed by atoms with Gasteiger partial charge in [-0.25, -0.2) is 0 Å². The number of nitrogens with one attached hydrogen (secondary N) is 1. The maximum absolute atomic E-state index is 12.6. The predicted molar refractivity (Wildman–Crippen MR) is 94.1 cm³/mol. The van der Waals surface area contributed by atoms with Crippen molar-refractivity contribution < 1.29 is 14.3 Å². The minimum Gasteiger partial charge on any atom is -0.493 e.